The lowest BCUT2D eigenvalue weighted by molar-refractivity contribution is 0.0646. The van der Waals surface area contributed by atoms with E-state index < -0.39 is 5.92 Å². The molecule has 0 aliphatic heterocycles. The average molecular weight is 435 g/mol. The van der Waals surface area contributed by atoms with Gasteiger partial charge in [0, 0.05) is 25.5 Å². The minimum atomic E-state index is -2.85. The van der Waals surface area contributed by atoms with Crippen LogP contribution in [0, 0.1) is 6.92 Å². The Morgan fingerprint density at radius 3 is 2.41 bits per heavy atom. The van der Waals surface area contributed by atoms with Crippen molar-refractivity contribution < 1.29 is 8.78 Å². The number of halogens is 2. The molecule has 1 aromatic heterocycles. The number of imidazole rings is 1. The highest BCUT2D eigenvalue weighted by Crippen LogP contribution is 2.34. The van der Waals surface area contributed by atoms with Crippen LogP contribution in [0.25, 0.3) is 17.1 Å². The first-order chi connectivity index (χ1) is 15.3. The van der Waals surface area contributed by atoms with E-state index in [1.165, 1.54) is 5.56 Å². The van der Waals surface area contributed by atoms with Gasteiger partial charge in [-0.15, -0.1) is 0 Å². The minimum absolute atomic E-state index is 0.139. The van der Waals surface area contributed by atoms with Crippen molar-refractivity contribution >= 4 is 17.1 Å². The Kier molecular flexibility index (Phi) is 7.44. The molecule has 0 saturated carbocycles. The highest BCUT2D eigenvalue weighted by atomic mass is 19.3. The van der Waals surface area contributed by atoms with Gasteiger partial charge < -0.3 is 4.57 Å². The smallest absolute Gasteiger partial charge is 0.270 e. The molecule has 1 heterocycles. The number of benzene rings is 2. The van der Waals surface area contributed by atoms with Crippen LogP contribution in [0.3, 0.4) is 0 Å². The van der Waals surface area contributed by atoms with Gasteiger partial charge in [0.05, 0.1) is 11.0 Å². The van der Waals surface area contributed by atoms with Crippen molar-refractivity contribution in [3.63, 3.8) is 0 Å². The van der Waals surface area contributed by atoms with Gasteiger partial charge in [-0.1, -0.05) is 74.5 Å². The first-order valence-corrected chi connectivity index (χ1v) is 11.3. The Morgan fingerprint density at radius 2 is 1.75 bits per heavy atom. The van der Waals surface area contributed by atoms with Crippen LogP contribution in [0.2, 0.25) is 0 Å². The van der Waals surface area contributed by atoms with Crippen molar-refractivity contribution in [3.8, 4) is 0 Å². The Labute approximate surface area is 190 Å². The van der Waals surface area contributed by atoms with Crippen molar-refractivity contribution in [2.75, 3.05) is 0 Å². The zero-order valence-electron chi connectivity index (χ0n) is 19.5. The molecule has 0 N–H and O–H groups in total. The standard InChI is InChI=1S/C26H26F2N2.C2H6/c1-4-19-13-14-24-23(15-19)29-25(16-20-11-9-18(2)10-12-20)30(24)17-21-7-5-6-8-22(21)26(3,27)28;1-2/h4,7-15H,1,5-6,16-17H2,2-3H3;1-2H3. The third-order valence-corrected chi connectivity index (χ3v) is 5.62. The van der Waals surface area contributed by atoms with Crippen LogP contribution in [0.1, 0.15) is 56.1 Å². The topological polar surface area (TPSA) is 17.8 Å². The van der Waals surface area contributed by atoms with Crippen LogP contribution < -0.4 is 0 Å². The molecule has 0 amide bonds. The third kappa shape index (κ3) is 5.24. The van der Waals surface area contributed by atoms with Crippen LogP contribution in [-0.4, -0.2) is 15.5 Å². The summed E-state index contributed by atoms with van der Waals surface area (Å²) in [6.45, 7) is 11.3. The first kappa shape index (κ1) is 23.6. The van der Waals surface area contributed by atoms with Crippen LogP contribution in [0.4, 0.5) is 8.78 Å². The fourth-order valence-electron chi connectivity index (χ4n) is 4.03. The predicted octanol–water partition coefficient (Wildman–Crippen LogP) is 7.91. The highest BCUT2D eigenvalue weighted by molar-refractivity contribution is 5.79. The molecule has 0 saturated heterocycles. The summed E-state index contributed by atoms with van der Waals surface area (Å²) >= 11 is 0. The van der Waals surface area contributed by atoms with Gasteiger partial charge in [0.1, 0.15) is 5.82 Å². The molecule has 0 spiro atoms. The van der Waals surface area contributed by atoms with E-state index in [1.807, 2.05) is 38.1 Å². The molecule has 4 heteroatoms. The van der Waals surface area contributed by atoms with Crippen molar-refractivity contribution in [1.82, 2.24) is 9.55 Å². The quantitative estimate of drug-likeness (QED) is 0.385. The number of aryl methyl sites for hydroxylation is 1. The molecule has 0 bridgehead atoms. The van der Waals surface area contributed by atoms with Gasteiger partial charge in [0.2, 0.25) is 0 Å². The van der Waals surface area contributed by atoms with E-state index in [-0.39, 0.29) is 5.57 Å². The van der Waals surface area contributed by atoms with Gasteiger partial charge in [-0.05, 0) is 48.6 Å². The Morgan fingerprint density at radius 1 is 1.06 bits per heavy atom. The summed E-state index contributed by atoms with van der Waals surface area (Å²) in [4.78, 5) is 4.87. The molecule has 32 heavy (non-hydrogen) atoms. The second kappa shape index (κ2) is 10.1. The van der Waals surface area contributed by atoms with Gasteiger partial charge in [0.25, 0.3) is 5.92 Å². The van der Waals surface area contributed by atoms with E-state index in [0.29, 0.717) is 25.0 Å². The van der Waals surface area contributed by atoms with E-state index in [9.17, 15) is 8.78 Å². The van der Waals surface area contributed by atoms with Gasteiger partial charge in [-0.25, -0.2) is 13.8 Å². The lowest BCUT2D eigenvalue weighted by Gasteiger charge is -2.23. The number of alkyl halides is 2. The molecule has 1 aliphatic carbocycles. The van der Waals surface area contributed by atoms with E-state index in [2.05, 4.69) is 42.3 Å². The normalized spacial score (nSPS) is 13.8. The zero-order chi connectivity index (χ0) is 23.3. The Balaban J connectivity index is 0.00000141. The maximum atomic E-state index is 14.2. The molecule has 4 rings (SSSR count). The van der Waals surface area contributed by atoms with Crippen LogP contribution >= 0.6 is 0 Å². The third-order valence-electron chi connectivity index (χ3n) is 5.62. The summed E-state index contributed by atoms with van der Waals surface area (Å²) in [7, 11) is 0. The number of hydrogen-bond donors (Lipinski definition) is 0. The second-order valence-corrected chi connectivity index (χ2v) is 8.04. The van der Waals surface area contributed by atoms with Gasteiger partial charge in [-0.2, -0.15) is 0 Å². The fraction of sp³-hybridized carbons (Fsp3) is 0.321. The molecule has 0 atom stereocenters. The molecule has 2 aromatic carbocycles. The SMILES string of the molecule is C=Cc1ccc2c(c1)nc(Cc1ccc(C)cc1)n2CC1=CCCC=C1C(C)(F)F.CC. The number of nitrogens with zero attached hydrogens (tertiary/aromatic N) is 2. The van der Waals surface area contributed by atoms with Gasteiger partial charge in [-0.3, -0.25) is 0 Å². The largest absolute Gasteiger partial charge is 0.323 e. The van der Waals surface area contributed by atoms with Crippen molar-refractivity contribution in [1.29, 1.82) is 0 Å². The second-order valence-electron chi connectivity index (χ2n) is 8.04. The summed E-state index contributed by atoms with van der Waals surface area (Å²) in [5.74, 6) is -1.98. The predicted molar refractivity (Wildman–Crippen MR) is 131 cm³/mol. The average Bonchev–Trinajstić information content (AvgIpc) is 3.12. The van der Waals surface area contributed by atoms with Crippen molar-refractivity contribution in [2.45, 2.75) is 59.4 Å². The molecule has 168 valence electrons. The van der Waals surface area contributed by atoms with Crippen molar-refractivity contribution in [3.05, 3.63) is 94.9 Å². The summed E-state index contributed by atoms with van der Waals surface area (Å²) in [5.41, 5.74) is 5.98. The van der Waals surface area contributed by atoms with E-state index in [0.717, 1.165) is 41.3 Å². The molecule has 3 aromatic rings. The molecular formula is C28H32F2N2. The number of hydrogen-bond acceptors (Lipinski definition) is 1. The zero-order valence-corrected chi connectivity index (χ0v) is 19.5. The van der Waals surface area contributed by atoms with E-state index in [1.54, 1.807) is 12.2 Å². The summed E-state index contributed by atoms with van der Waals surface area (Å²) in [5, 5.41) is 0. The summed E-state index contributed by atoms with van der Waals surface area (Å²) in [6.07, 6.45) is 7.52. The lowest BCUT2D eigenvalue weighted by atomic mass is 9.93. The van der Waals surface area contributed by atoms with Crippen molar-refractivity contribution in [2.24, 2.45) is 0 Å². The maximum Gasteiger partial charge on any atom is 0.270 e. The molecule has 0 radical (unpaired) electrons. The minimum Gasteiger partial charge on any atom is -0.323 e. The Bertz CT molecular complexity index is 1140. The lowest BCUT2D eigenvalue weighted by Crippen LogP contribution is -2.20. The van der Waals surface area contributed by atoms with Crippen LogP contribution in [-0.2, 0) is 13.0 Å². The summed E-state index contributed by atoms with van der Waals surface area (Å²) < 4.78 is 30.6. The van der Waals surface area contributed by atoms with E-state index >= 15 is 0 Å². The monoisotopic (exact) mass is 434 g/mol. The molecular weight excluding hydrogens is 402 g/mol. The molecule has 0 unspecified atom stereocenters. The number of rotatable bonds is 6. The summed E-state index contributed by atoms with van der Waals surface area (Å²) in [6, 6.07) is 14.4. The first-order valence-electron chi connectivity index (χ1n) is 11.3. The van der Waals surface area contributed by atoms with Gasteiger partial charge in [0.15, 0.2) is 0 Å². The highest BCUT2D eigenvalue weighted by Gasteiger charge is 2.31. The number of aromatic nitrogens is 2. The molecule has 1 aliphatic rings. The maximum absolute atomic E-state index is 14.2. The number of fused-ring (bicyclic) bond motifs is 1. The molecule has 2 nitrogen and oxygen atoms in total. The Hall–Kier alpha value is -3.01. The molecule has 0 fully saturated rings. The van der Waals surface area contributed by atoms with E-state index in [4.69, 9.17) is 4.98 Å². The van der Waals surface area contributed by atoms with Gasteiger partial charge >= 0.3 is 0 Å². The van der Waals surface area contributed by atoms with Crippen LogP contribution in [0.5, 0.6) is 0 Å². The number of allylic oxidation sites excluding steroid dienone is 4. The fourth-order valence-corrected chi connectivity index (χ4v) is 4.03. The van der Waals surface area contributed by atoms with Crippen LogP contribution in [0.15, 0.2) is 72.3 Å².